The van der Waals surface area contributed by atoms with E-state index in [1.54, 1.807) is 18.2 Å². The molecule has 142 valence electrons. The van der Waals surface area contributed by atoms with Gasteiger partial charge in [-0.05, 0) is 43.7 Å². The van der Waals surface area contributed by atoms with Gasteiger partial charge in [0.1, 0.15) is 49.3 Å². The van der Waals surface area contributed by atoms with Gasteiger partial charge in [-0.3, -0.25) is 0 Å². The average Bonchev–Trinajstić information content (AvgIpc) is 2.64. The van der Waals surface area contributed by atoms with Gasteiger partial charge >= 0.3 is 0 Å². The number of hydrogen-bond donors (Lipinski definition) is 3. The minimum atomic E-state index is -0.931. The van der Waals surface area contributed by atoms with E-state index in [-0.39, 0.29) is 26.4 Å². The first-order valence-corrected chi connectivity index (χ1v) is 8.51. The molecule has 6 nitrogen and oxygen atoms in total. The largest absolute Gasteiger partial charge is 0.491 e. The van der Waals surface area contributed by atoms with Gasteiger partial charge in [-0.25, -0.2) is 0 Å². The first kappa shape index (κ1) is 20.0. The number of aliphatic hydroxyl groups excluding tert-OH is 3. The lowest BCUT2D eigenvalue weighted by molar-refractivity contribution is 0.0526. The predicted octanol–water partition coefficient (Wildman–Crippen LogP) is 1.85. The zero-order chi connectivity index (χ0) is 18.9. The van der Waals surface area contributed by atoms with Gasteiger partial charge in [0.15, 0.2) is 0 Å². The molecule has 2 atom stereocenters. The molecule has 0 aliphatic rings. The van der Waals surface area contributed by atoms with E-state index in [2.05, 4.69) is 0 Å². The quantitative estimate of drug-likeness (QED) is 0.598. The summed E-state index contributed by atoms with van der Waals surface area (Å²) in [6.07, 6.45) is -1.71. The number of rotatable bonds is 10. The van der Waals surface area contributed by atoms with Crippen LogP contribution in [0.15, 0.2) is 42.5 Å². The van der Waals surface area contributed by atoms with Gasteiger partial charge in [-0.15, -0.1) is 0 Å². The number of aliphatic hydroxyl groups is 3. The first-order valence-electron chi connectivity index (χ1n) is 8.51. The molecule has 26 heavy (non-hydrogen) atoms. The van der Waals surface area contributed by atoms with Crippen molar-refractivity contribution in [2.24, 2.45) is 0 Å². The Labute approximate surface area is 153 Å². The van der Waals surface area contributed by atoms with Crippen LogP contribution in [0.25, 0.3) is 0 Å². The molecular weight excluding hydrogens is 336 g/mol. The molecule has 2 aromatic carbocycles. The lowest BCUT2D eigenvalue weighted by Crippen LogP contribution is -2.25. The Morgan fingerprint density at radius 3 is 2.00 bits per heavy atom. The summed E-state index contributed by atoms with van der Waals surface area (Å²) < 4.78 is 16.7. The van der Waals surface area contributed by atoms with Crippen LogP contribution in [0.3, 0.4) is 0 Å². The Bertz CT molecular complexity index is 688. The maximum absolute atomic E-state index is 10.1. The summed E-state index contributed by atoms with van der Waals surface area (Å²) in [7, 11) is 0. The van der Waals surface area contributed by atoms with E-state index in [1.807, 2.05) is 38.1 Å². The van der Waals surface area contributed by atoms with Crippen molar-refractivity contribution in [1.82, 2.24) is 0 Å². The highest BCUT2D eigenvalue weighted by Gasteiger charge is 2.11. The van der Waals surface area contributed by atoms with Crippen LogP contribution in [0, 0.1) is 13.8 Å². The van der Waals surface area contributed by atoms with Crippen molar-refractivity contribution in [3.8, 4) is 17.2 Å². The van der Waals surface area contributed by atoms with Crippen LogP contribution in [-0.2, 0) is 0 Å². The van der Waals surface area contributed by atoms with Gasteiger partial charge in [-0.2, -0.15) is 0 Å². The number of aryl methyl sites for hydroxylation is 1. The second kappa shape index (κ2) is 10.0. The van der Waals surface area contributed by atoms with E-state index in [0.29, 0.717) is 17.2 Å². The molecule has 0 radical (unpaired) electrons. The highest BCUT2D eigenvalue weighted by molar-refractivity contribution is 5.43. The van der Waals surface area contributed by atoms with Crippen LogP contribution < -0.4 is 14.2 Å². The monoisotopic (exact) mass is 362 g/mol. The van der Waals surface area contributed by atoms with Crippen LogP contribution in [0.2, 0.25) is 0 Å². The van der Waals surface area contributed by atoms with Gasteiger partial charge in [0.2, 0.25) is 0 Å². The number of hydrogen-bond acceptors (Lipinski definition) is 6. The van der Waals surface area contributed by atoms with Gasteiger partial charge < -0.3 is 29.5 Å². The van der Waals surface area contributed by atoms with Gasteiger partial charge in [0.05, 0.1) is 6.61 Å². The van der Waals surface area contributed by atoms with Crippen LogP contribution in [-0.4, -0.2) is 54.0 Å². The molecule has 0 saturated heterocycles. The van der Waals surface area contributed by atoms with Gasteiger partial charge in [0, 0.05) is 5.56 Å². The molecule has 0 heterocycles. The van der Waals surface area contributed by atoms with Crippen molar-refractivity contribution in [2.45, 2.75) is 26.1 Å². The molecule has 2 rings (SSSR count). The van der Waals surface area contributed by atoms with Crippen molar-refractivity contribution in [3.63, 3.8) is 0 Å². The zero-order valence-electron chi connectivity index (χ0n) is 15.1. The Morgan fingerprint density at radius 1 is 0.808 bits per heavy atom. The fraction of sp³-hybridized carbons (Fsp3) is 0.400. The summed E-state index contributed by atoms with van der Waals surface area (Å²) >= 11 is 0. The smallest absolute Gasteiger partial charge is 0.126 e. The average molecular weight is 362 g/mol. The van der Waals surface area contributed by atoms with Crippen molar-refractivity contribution in [1.29, 1.82) is 0 Å². The molecule has 6 heteroatoms. The summed E-state index contributed by atoms with van der Waals surface area (Å²) in [4.78, 5) is 0. The Balaban J connectivity index is 1.84. The van der Waals surface area contributed by atoms with E-state index < -0.39 is 12.2 Å². The zero-order valence-corrected chi connectivity index (χ0v) is 15.1. The molecule has 0 aliphatic carbocycles. The maximum atomic E-state index is 10.1. The summed E-state index contributed by atoms with van der Waals surface area (Å²) in [5, 5.41) is 28.3. The minimum absolute atomic E-state index is 0.00620. The summed E-state index contributed by atoms with van der Waals surface area (Å²) in [5.74, 6) is 1.84. The molecule has 0 aliphatic heterocycles. The molecule has 0 fully saturated rings. The third kappa shape index (κ3) is 6.22. The van der Waals surface area contributed by atoms with Crippen molar-refractivity contribution < 1.29 is 29.5 Å². The molecule has 0 unspecified atom stereocenters. The number of ether oxygens (including phenoxy) is 3. The SMILES string of the molecule is Cc1cccc(OC[C@@H](O)COc2cccc(OC[C@@H](O)CO)c2C)c1. The summed E-state index contributed by atoms with van der Waals surface area (Å²) in [6, 6.07) is 12.9. The third-order valence-electron chi connectivity index (χ3n) is 3.74. The first-order chi connectivity index (χ1) is 12.5. The minimum Gasteiger partial charge on any atom is -0.491 e. The molecule has 0 aromatic heterocycles. The normalized spacial score (nSPS) is 13.1. The molecule has 2 aromatic rings. The predicted molar refractivity (Wildman–Crippen MR) is 97.9 cm³/mol. The lowest BCUT2D eigenvalue weighted by Gasteiger charge is -2.17. The molecular formula is C20H26O6. The summed E-state index contributed by atoms with van der Waals surface area (Å²) in [6.45, 7) is 3.64. The maximum Gasteiger partial charge on any atom is 0.126 e. The van der Waals surface area contributed by atoms with Crippen LogP contribution in [0.5, 0.6) is 17.2 Å². The van der Waals surface area contributed by atoms with Crippen molar-refractivity contribution in [2.75, 3.05) is 26.4 Å². The fourth-order valence-electron chi connectivity index (χ4n) is 2.28. The molecule has 0 bridgehead atoms. The van der Waals surface area contributed by atoms with Crippen LogP contribution in [0.4, 0.5) is 0 Å². The molecule has 3 N–H and O–H groups in total. The number of benzene rings is 2. The van der Waals surface area contributed by atoms with Gasteiger partial charge in [-0.1, -0.05) is 18.2 Å². The van der Waals surface area contributed by atoms with E-state index in [9.17, 15) is 10.2 Å². The van der Waals surface area contributed by atoms with Crippen molar-refractivity contribution in [3.05, 3.63) is 53.6 Å². The highest BCUT2D eigenvalue weighted by atomic mass is 16.5. The third-order valence-corrected chi connectivity index (χ3v) is 3.74. The van der Waals surface area contributed by atoms with Crippen LogP contribution >= 0.6 is 0 Å². The Hall–Kier alpha value is -2.28. The molecule has 0 spiro atoms. The van der Waals surface area contributed by atoms with Crippen LogP contribution in [0.1, 0.15) is 11.1 Å². The fourth-order valence-corrected chi connectivity index (χ4v) is 2.28. The van der Waals surface area contributed by atoms with E-state index in [4.69, 9.17) is 19.3 Å². The van der Waals surface area contributed by atoms with Gasteiger partial charge in [0.25, 0.3) is 0 Å². The molecule has 0 amide bonds. The lowest BCUT2D eigenvalue weighted by atomic mass is 10.2. The second-order valence-electron chi connectivity index (χ2n) is 6.12. The van der Waals surface area contributed by atoms with E-state index in [0.717, 1.165) is 11.1 Å². The molecule has 0 saturated carbocycles. The van der Waals surface area contributed by atoms with E-state index >= 15 is 0 Å². The topological polar surface area (TPSA) is 88.4 Å². The standard InChI is InChI=1S/C20H26O6/c1-14-5-3-6-18(9-14)24-12-17(23)13-26-20-8-4-7-19(15(20)2)25-11-16(22)10-21/h3-9,16-17,21-23H,10-13H2,1-2H3/t16-,17+/m0/s1. The summed E-state index contributed by atoms with van der Waals surface area (Å²) in [5.41, 5.74) is 1.84. The second-order valence-corrected chi connectivity index (χ2v) is 6.12. The Kier molecular flexibility index (Phi) is 7.72. The highest BCUT2D eigenvalue weighted by Crippen LogP contribution is 2.27. The van der Waals surface area contributed by atoms with Crippen molar-refractivity contribution >= 4 is 0 Å². The van der Waals surface area contributed by atoms with E-state index in [1.165, 1.54) is 0 Å². The Morgan fingerprint density at radius 2 is 1.38 bits per heavy atom.